The van der Waals surface area contributed by atoms with Crippen molar-refractivity contribution in [3.63, 3.8) is 0 Å². The largest absolute Gasteiger partial charge is 0.465 e. The molecule has 1 aliphatic heterocycles. The molecule has 1 N–H and O–H groups in total. The van der Waals surface area contributed by atoms with Gasteiger partial charge in [-0.25, -0.2) is 14.5 Å². The number of hydrogen-bond donors (Lipinski definition) is 1. The molecule has 0 spiro atoms. The number of urea groups is 1. The van der Waals surface area contributed by atoms with Gasteiger partial charge in [-0.05, 0) is 30.3 Å². The van der Waals surface area contributed by atoms with Crippen molar-refractivity contribution in [2.45, 2.75) is 6.18 Å². The molecular weight excluding hydrogens is 419 g/mol. The molecule has 4 amide bonds. The number of carbonyl (C=O) groups excluding carboxylic acids is 4. The summed E-state index contributed by atoms with van der Waals surface area (Å²) in [6, 6.07) is 8.34. The standard InChI is InChI=1S/C20H14F3N3O5/c1-31-18(29)13-7-2-3-8-15(13)24-10-14-16(27)25-19(30)26(17(14)28)12-6-4-5-11(9-12)20(21,22)23/h2-10,14H,1H3,(H,25,27,30)/t14-/m1/s1. The number of barbiturate groups is 1. The molecule has 1 saturated heterocycles. The van der Waals surface area contributed by atoms with Gasteiger partial charge in [0.05, 0.1) is 29.6 Å². The van der Waals surface area contributed by atoms with Crippen LogP contribution in [-0.4, -0.2) is 37.1 Å². The van der Waals surface area contributed by atoms with Gasteiger partial charge in [0.25, 0.3) is 5.91 Å². The van der Waals surface area contributed by atoms with E-state index in [1.807, 2.05) is 5.32 Å². The van der Waals surface area contributed by atoms with Crippen LogP contribution in [0.1, 0.15) is 15.9 Å². The predicted molar refractivity (Wildman–Crippen MR) is 102 cm³/mol. The minimum atomic E-state index is -4.69. The van der Waals surface area contributed by atoms with E-state index in [1.165, 1.54) is 19.2 Å². The number of ether oxygens (including phenoxy) is 1. The average molecular weight is 433 g/mol. The van der Waals surface area contributed by atoms with Crippen molar-refractivity contribution in [2.24, 2.45) is 10.9 Å². The van der Waals surface area contributed by atoms with Gasteiger partial charge in [-0.15, -0.1) is 0 Å². The van der Waals surface area contributed by atoms with Crippen molar-refractivity contribution in [2.75, 3.05) is 12.0 Å². The molecule has 2 aromatic carbocycles. The van der Waals surface area contributed by atoms with Crippen LogP contribution in [0.2, 0.25) is 0 Å². The summed E-state index contributed by atoms with van der Waals surface area (Å²) >= 11 is 0. The van der Waals surface area contributed by atoms with Gasteiger partial charge in [-0.1, -0.05) is 18.2 Å². The second kappa shape index (κ2) is 8.38. The van der Waals surface area contributed by atoms with Crippen LogP contribution < -0.4 is 10.2 Å². The minimum Gasteiger partial charge on any atom is -0.465 e. The number of imide groups is 2. The lowest BCUT2D eigenvalue weighted by Crippen LogP contribution is -2.58. The average Bonchev–Trinajstić information content (AvgIpc) is 2.72. The Morgan fingerprint density at radius 2 is 1.84 bits per heavy atom. The SMILES string of the molecule is COC(=O)c1ccccc1N=C[C@@H]1C(=O)NC(=O)N(c2cccc(C(F)(F)F)c2)C1=O. The molecule has 0 bridgehead atoms. The van der Waals surface area contributed by atoms with Crippen molar-refractivity contribution in [1.29, 1.82) is 0 Å². The highest BCUT2D eigenvalue weighted by Gasteiger charge is 2.41. The first-order valence-corrected chi connectivity index (χ1v) is 8.71. The number of alkyl halides is 3. The molecule has 3 rings (SSSR count). The van der Waals surface area contributed by atoms with E-state index in [2.05, 4.69) is 9.73 Å². The molecule has 0 unspecified atom stereocenters. The lowest BCUT2D eigenvalue weighted by Gasteiger charge is -2.28. The first kappa shape index (κ1) is 21.7. The van der Waals surface area contributed by atoms with E-state index in [0.29, 0.717) is 11.0 Å². The summed E-state index contributed by atoms with van der Waals surface area (Å²) in [5.41, 5.74) is -1.27. The number of hydrogen-bond acceptors (Lipinski definition) is 6. The fraction of sp³-hybridized carbons (Fsp3) is 0.150. The molecular formula is C20H14F3N3O5. The van der Waals surface area contributed by atoms with Crippen LogP contribution in [0.3, 0.4) is 0 Å². The van der Waals surface area contributed by atoms with E-state index in [1.54, 1.807) is 12.1 Å². The molecule has 1 atom stereocenters. The summed E-state index contributed by atoms with van der Waals surface area (Å²) in [5, 5.41) is 1.91. The first-order valence-electron chi connectivity index (χ1n) is 8.71. The number of methoxy groups -OCH3 is 1. The highest BCUT2D eigenvalue weighted by atomic mass is 19.4. The fourth-order valence-corrected chi connectivity index (χ4v) is 2.81. The molecule has 0 radical (unpaired) electrons. The lowest BCUT2D eigenvalue weighted by molar-refractivity contribution is -0.138. The molecule has 8 nitrogen and oxygen atoms in total. The first-order chi connectivity index (χ1) is 14.6. The van der Waals surface area contributed by atoms with Crippen LogP contribution in [0.4, 0.5) is 29.3 Å². The van der Waals surface area contributed by atoms with E-state index < -0.39 is 41.5 Å². The Balaban J connectivity index is 1.94. The summed E-state index contributed by atoms with van der Waals surface area (Å²) < 4.78 is 43.6. The smallest absolute Gasteiger partial charge is 0.416 e. The number of carbonyl (C=O) groups is 4. The molecule has 31 heavy (non-hydrogen) atoms. The Bertz CT molecular complexity index is 1100. The van der Waals surface area contributed by atoms with E-state index in [4.69, 9.17) is 0 Å². The molecule has 0 aromatic heterocycles. The second-order valence-electron chi connectivity index (χ2n) is 6.28. The zero-order chi connectivity index (χ0) is 22.8. The van der Waals surface area contributed by atoms with E-state index >= 15 is 0 Å². The van der Waals surface area contributed by atoms with Gasteiger partial charge in [0.1, 0.15) is 0 Å². The molecule has 160 valence electrons. The van der Waals surface area contributed by atoms with E-state index in [-0.39, 0.29) is 16.9 Å². The van der Waals surface area contributed by atoms with E-state index in [9.17, 15) is 32.3 Å². The Hall–Kier alpha value is -4.02. The molecule has 1 aliphatic rings. The minimum absolute atomic E-state index is 0.0655. The van der Waals surface area contributed by atoms with Gasteiger partial charge < -0.3 is 4.74 Å². The lowest BCUT2D eigenvalue weighted by atomic mass is 10.0. The van der Waals surface area contributed by atoms with Crippen molar-refractivity contribution in [3.8, 4) is 0 Å². The monoisotopic (exact) mass is 433 g/mol. The van der Waals surface area contributed by atoms with Crippen LogP contribution in [0.25, 0.3) is 0 Å². The van der Waals surface area contributed by atoms with Crippen LogP contribution in [0.15, 0.2) is 53.5 Å². The fourth-order valence-electron chi connectivity index (χ4n) is 2.81. The van der Waals surface area contributed by atoms with Crippen molar-refractivity contribution < 1.29 is 37.1 Å². The number of anilines is 1. The third-order valence-electron chi connectivity index (χ3n) is 4.31. The van der Waals surface area contributed by atoms with Crippen molar-refractivity contribution in [1.82, 2.24) is 5.32 Å². The van der Waals surface area contributed by atoms with Gasteiger partial charge in [-0.2, -0.15) is 13.2 Å². The maximum absolute atomic E-state index is 13.0. The summed E-state index contributed by atoms with van der Waals surface area (Å²) in [6.07, 6.45) is -3.79. The molecule has 0 saturated carbocycles. The number of esters is 1. The third-order valence-corrected chi connectivity index (χ3v) is 4.31. The van der Waals surface area contributed by atoms with Crippen molar-refractivity contribution >= 4 is 41.4 Å². The van der Waals surface area contributed by atoms with Gasteiger partial charge >= 0.3 is 18.2 Å². The highest BCUT2D eigenvalue weighted by Crippen LogP contribution is 2.32. The number of nitrogens with one attached hydrogen (secondary N) is 1. The van der Waals surface area contributed by atoms with Crippen LogP contribution in [0.5, 0.6) is 0 Å². The number of nitrogens with zero attached hydrogens (tertiary/aromatic N) is 2. The number of halogens is 3. The van der Waals surface area contributed by atoms with E-state index in [0.717, 1.165) is 24.4 Å². The Morgan fingerprint density at radius 1 is 1.13 bits per heavy atom. The molecule has 11 heteroatoms. The maximum atomic E-state index is 13.0. The number of amides is 4. The topological polar surface area (TPSA) is 105 Å². The van der Waals surface area contributed by atoms with Crippen LogP contribution in [0, 0.1) is 5.92 Å². The normalized spacial score (nSPS) is 17.1. The number of benzene rings is 2. The van der Waals surface area contributed by atoms with Gasteiger partial charge in [0, 0.05) is 6.21 Å². The number of rotatable bonds is 4. The van der Waals surface area contributed by atoms with Crippen LogP contribution >= 0.6 is 0 Å². The van der Waals surface area contributed by atoms with Gasteiger partial charge in [0.2, 0.25) is 5.91 Å². The zero-order valence-corrected chi connectivity index (χ0v) is 15.8. The maximum Gasteiger partial charge on any atom is 0.416 e. The Kier molecular flexibility index (Phi) is 5.86. The summed E-state index contributed by atoms with van der Waals surface area (Å²) in [4.78, 5) is 53.4. The Morgan fingerprint density at radius 3 is 2.52 bits per heavy atom. The molecule has 2 aromatic rings. The molecule has 0 aliphatic carbocycles. The molecule has 1 fully saturated rings. The second-order valence-corrected chi connectivity index (χ2v) is 6.28. The Labute approximate surface area is 173 Å². The predicted octanol–water partition coefficient (Wildman–Crippen LogP) is 3.09. The van der Waals surface area contributed by atoms with Crippen LogP contribution in [-0.2, 0) is 20.5 Å². The van der Waals surface area contributed by atoms with Gasteiger partial charge in [0.15, 0.2) is 5.92 Å². The number of aliphatic imine (C=N–C) groups is 1. The highest BCUT2D eigenvalue weighted by molar-refractivity contribution is 6.32. The third kappa shape index (κ3) is 4.44. The summed E-state index contributed by atoms with van der Waals surface area (Å²) in [7, 11) is 1.17. The summed E-state index contributed by atoms with van der Waals surface area (Å²) in [5.74, 6) is -4.41. The summed E-state index contributed by atoms with van der Waals surface area (Å²) in [6.45, 7) is 0. The number of para-hydroxylation sites is 1. The molecule has 1 heterocycles. The quantitative estimate of drug-likeness (QED) is 0.453. The zero-order valence-electron chi connectivity index (χ0n) is 15.8. The van der Waals surface area contributed by atoms with Gasteiger partial charge in [-0.3, -0.25) is 19.9 Å². The van der Waals surface area contributed by atoms with Crippen molar-refractivity contribution in [3.05, 3.63) is 59.7 Å².